The minimum absolute atomic E-state index is 0.642. The molecule has 0 saturated heterocycles. The van der Waals surface area contributed by atoms with Gasteiger partial charge in [0.05, 0.1) is 6.20 Å². The maximum Gasteiger partial charge on any atom is 0.147 e. The molecule has 0 radical (unpaired) electrons. The van der Waals surface area contributed by atoms with Crippen LogP contribution in [-0.4, -0.2) is 29.1 Å². The average Bonchev–Trinajstić information content (AvgIpc) is 2.85. The fourth-order valence-electron chi connectivity index (χ4n) is 2.40. The Morgan fingerprint density at radius 1 is 1.31 bits per heavy atom. The van der Waals surface area contributed by atoms with Gasteiger partial charge >= 0.3 is 0 Å². The summed E-state index contributed by atoms with van der Waals surface area (Å²) >= 11 is 0. The fourth-order valence-corrected chi connectivity index (χ4v) is 2.40. The van der Waals surface area contributed by atoms with E-state index < -0.39 is 0 Å². The van der Waals surface area contributed by atoms with Crippen molar-refractivity contribution in [2.45, 2.75) is 38.1 Å². The molecular weight excluding hydrogens is 200 g/mol. The van der Waals surface area contributed by atoms with Crippen LogP contribution >= 0.6 is 0 Å². The molecule has 0 bridgehead atoms. The van der Waals surface area contributed by atoms with E-state index in [4.69, 9.17) is 5.73 Å². The molecule has 1 saturated carbocycles. The van der Waals surface area contributed by atoms with Gasteiger partial charge in [-0.1, -0.05) is 12.8 Å². The van der Waals surface area contributed by atoms with Crippen molar-refractivity contribution in [1.82, 2.24) is 9.97 Å². The van der Waals surface area contributed by atoms with Gasteiger partial charge in [0.1, 0.15) is 5.82 Å². The van der Waals surface area contributed by atoms with Crippen LogP contribution in [0.3, 0.4) is 0 Å². The number of nitrogens with zero attached hydrogens (tertiary/aromatic N) is 3. The van der Waals surface area contributed by atoms with Crippen LogP contribution in [0, 0.1) is 0 Å². The second-order valence-corrected chi connectivity index (χ2v) is 4.34. The highest BCUT2D eigenvalue weighted by Crippen LogP contribution is 2.26. The van der Waals surface area contributed by atoms with Gasteiger partial charge in [-0.05, 0) is 25.8 Å². The Bertz CT molecular complexity index is 295. The molecule has 0 amide bonds. The fraction of sp³-hybridized carbons (Fsp3) is 0.667. The first-order valence-electron chi connectivity index (χ1n) is 6.14. The van der Waals surface area contributed by atoms with Gasteiger partial charge in [-0.2, -0.15) is 0 Å². The number of anilines is 1. The third kappa shape index (κ3) is 2.70. The first-order chi connectivity index (χ1) is 7.92. The standard InChI is InChI=1S/C12H20N4/c13-6-3-9-16(11-4-1-2-5-11)12-10-14-7-8-15-12/h7-8,10-11H,1-6,9,13H2. The molecule has 1 heterocycles. The highest BCUT2D eigenvalue weighted by atomic mass is 15.2. The summed E-state index contributed by atoms with van der Waals surface area (Å²) in [5.41, 5.74) is 5.59. The molecule has 0 atom stereocenters. The van der Waals surface area contributed by atoms with E-state index in [1.807, 2.05) is 6.20 Å². The summed E-state index contributed by atoms with van der Waals surface area (Å²) in [5, 5.41) is 0. The highest BCUT2D eigenvalue weighted by molar-refractivity contribution is 5.36. The molecule has 1 aromatic rings. The lowest BCUT2D eigenvalue weighted by molar-refractivity contribution is 0.586. The maximum absolute atomic E-state index is 5.59. The van der Waals surface area contributed by atoms with Crippen molar-refractivity contribution in [3.8, 4) is 0 Å². The van der Waals surface area contributed by atoms with Crippen LogP contribution < -0.4 is 10.6 Å². The molecule has 0 aromatic carbocycles. The zero-order valence-corrected chi connectivity index (χ0v) is 9.68. The van der Waals surface area contributed by atoms with Gasteiger partial charge in [-0.3, -0.25) is 4.98 Å². The molecule has 0 unspecified atom stereocenters. The Kier molecular flexibility index (Phi) is 4.10. The minimum atomic E-state index is 0.642. The van der Waals surface area contributed by atoms with Crippen LogP contribution in [0.1, 0.15) is 32.1 Å². The van der Waals surface area contributed by atoms with E-state index in [0.29, 0.717) is 6.04 Å². The molecule has 4 heteroatoms. The van der Waals surface area contributed by atoms with Crippen molar-refractivity contribution in [1.29, 1.82) is 0 Å². The lowest BCUT2D eigenvalue weighted by Crippen LogP contribution is -2.35. The maximum atomic E-state index is 5.59. The van der Waals surface area contributed by atoms with Gasteiger partial charge in [0.25, 0.3) is 0 Å². The van der Waals surface area contributed by atoms with E-state index in [-0.39, 0.29) is 0 Å². The van der Waals surface area contributed by atoms with Gasteiger partial charge in [0, 0.05) is 25.0 Å². The number of nitrogens with two attached hydrogens (primary N) is 1. The van der Waals surface area contributed by atoms with Crippen LogP contribution in [0.5, 0.6) is 0 Å². The van der Waals surface area contributed by atoms with Crippen molar-refractivity contribution in [3.63, 3.8) is 0 Å². The van der Waals surface area contributed by atoms with Crippen LogP contribution in [0.2, 0.25) is 0 Å². The van der Waals surface area contributed by atoms with Crippen molar-refractivity contribution in [2.24, 2.45) is 5.73 Å². The van der Waals surface area contributed by atoms with Gasteiger partial charge < -0.3 is 10.6 Å². The number of hydrogen-bond acceptors (Lipinski definition) is 4. The predicted molar refractivity (Wildman–Crippen MR) is 65.3 cm³/mol. The summed E-state index contributed by atoms with van der Waals surface area (Å²) < 4.78 is 0. The number of aromatic nitrogens is 2. The Morgan fingerprint density at radius 2 is 2.12 bits per heavy atom. The van der Waals surface area contributed by atoms with E-state index in [0.717, 1.165) is 25.3 Å². The van der Waals surface area contributed by atoms with Gasteiger partial charge in [0.2, 0.25) is 0 Å². The average molecular weight is 220 g/mol. The SMILES string of the molecule is NCCCN(c1cnccn1)C1CCCC1. The van der Waals surface area contributed by atoms with Crippen molar-refractivity contribution in [2.75, 3.05) is 18.0 Å². The van der Waals surface area contributed by atoms with Crippen molar-refractivity contribution in [3.05, 3.63) is 18.6 Å². The van der Waals surface area contributed by atoms with Crippen LogP contribution in [0.25, 0.3) is 0 Å². The summed E-state index contributed by atoms with van der Waals surface area (Å²) in [4.78, 5) is 10.9. The quantitative estimate of drug-likeness (QED) is 0.818. The second-order valence-electron chi connectivity index (χ2n) is 4.34. The van der Waals surface area contributed by atoms with Gasteiger partial charge in [-0.25, -0.2) is 4.98 Å². The molecule has 0 spiro atoms. The summed E-state index contributed by atoms with van der Waals surface area (Å²) in [7, 11) is 0. The molecule has 1 aliphatic carbocycles. The Labute approximate surface area is 96.9 Å². The summed E-state index contributed by atoms with van der Waals surface area (Å²) in [6.45, 7) is 1.74. The molecule has 1 aromatic heterocycles. The first kappa shape index (κ1) is 11.3. The predicted octanol–water partition coefficient (Wildman–Crippen LogP) is 1.57. The second kappa shape index (κ2) is 5.80. The lowest BCUT2D eigenvalue weighted by Gasteiger charge is -2.29. The third-order valence-corrected chi connectivity index (χ3v) is 3.21. The molecule has 2 rings (SSSR count). The molecule has 4 nitrogen and oxygen atoms in total. The molecule has 1 aliphatic rings. The minimum Gasteiger partial charge on any atom is -0.352 e. The van der Waals surface area contributed by atoms with E-state index in [1.54, 1.807) is 12.4 Å². The number of rotatable bonds is 5. The zero-order chi connectivity index (χ0) is 11.2. The monoisotopic (exact) mass is 220 g/mol. The normalized spacial score (nSPS) is 16.6. The van der Waals surface area contributed by atoms with Crippen LogP contribution in [-0.2, 0) is 0 Å². The first-order valence-corrected chi connectivity index (χ1v) is 6.14. The molecule has 16 heavy (non-hydrogen) atoms. The smallest absolute Gasteiger partial charge is 0.147 e. The topological polar surface area (TPSA) is 55.0 Å². The third-order valence-electron chi connectivity index (χ3n) is 3.21. The largest absolute Gasteiger partial charge is 0.352 e. The van der Waals surface area contributed by atoms with Gasteiger partial charge in [-0.15, -0.1) is 0 Å². The molecule has 0 aliphatic heterocycles. The van der Waals surface area contributed by atoms with Crippen LogP contribution in [0.4, 0.5) is 5.82 Å². The summed E-state index contributed by atoms with van der Waals surface area (Å²) in [5.74, 6) is 1.00. The van der Waals surface area contributed by atoms with Crippen molar-refractivity contribution >= 4 is 5.82 Å². The van der Waals surface area contributed by atoms with E-state index in [2.05, 4.69) is 14.9 Å². The molecular formula is C12H20N4. The van der Waals surface area contributed by atoms with Crippen LogP contribution in [0.15, 0.2) is 18.6 Å². The Balaban J connectivity index is 2.07. The van der Waals surface area contributed by atoms with Crippen molar-refractivity contribution < 1.29 is 0 Å². The van der Waals surface area contributed by atoms with E-state index >= 15 is 0 Å². The van der Waals surface area contributed by atoms with E-state index in [9.17, 15) is 0 Å². The Hall–Kier alpha value is -1.16. The lowest BCUT2D eigenvalue weighted by atomic mass is 10.2. The zero-order valence-electron chi connectivity index (χ0n) is 9.68. The highest BCUT2D eigenvalue weighted by Gasteiger charge is 2.23. The molecule has 1 fully saturated rings. The summed E-state index contributed by atoms with van der Waals surface area (Å²) in [6, 6.07) is 0.642. The number of hydrogen-bond donors (Lipinski definition) is 1. The summed E-state index contributed by atoms with van der Waals surface area (Å²) in [6.07, 6.45) is 11.6. The Morgan fingerprint density at radius 3 is 2.75 bits per heavy atom. The van der Waals surface area contributed by atoms with E-state index in [1.165, 1.54) is 25.7 Å². The molecule has 2 N–H and O–H groups in total. The van der Waals surface area contributed by atoms with Gasteiger partial charge in [0.15, 0.2) is 0 Å². The molecule has 88 valence electrons.